The maximum Gasteiger partial charge on any atom is 0.417 e. The van der Waals surface area contributed by atoms with Crippen molar-refractivity contribution in [1.82, 2.24) is 4.90 Å². The van der Waals surface area contributed by atoms with E-state index in [1.807, 2.05) is 13.0 Å². The Kier molecular flexibility index (Phi) is 4.65. The predicted octanol–water partition coefficient (Wildman–Crippen LogP) is 2.29. The van der Waals surface area contributed by atoms with Crippen molar-refractivity contribution in [3.63, 3.8) is 0 Å². The summed E-state index contributed by atoms with van der Waals surface area (Å²) < 4.78 is 43.4. The van der Waals surface area contributed by atoms with Gasteiger partial charge in [-0.15, -0.1) is 0 Å². The van der Waals surface area contributed by atoms with Gasteiger partial charge in [-0.1, -0.05) is 12.1 Å². The maximum absolute atomic E-state index is 12.7. The van der Waals surface area contributed by atoms with Crippen LogP contribution in [0.2, 0.25) is 0 Å². The van der Waals surface area contributed by atoms with E-state index in [9.17, 15) is 23.1 Å². The average Bonchev–Trinajstić information content (AvgIpc) is 2.44. The number of benzene rings is 1. The second-order valence-electron chi connectivity index (χ2n) is 5.52. The Hall–Kier alpha value is -1.76. The van der Waals surface area contributed by atoms with E-state index in [4.69, 9.17) is 4.74 Å². The lowest BCUT2D eigenvalue weighted by Crippen LogP contribution is -2.54. The summed E-state index contributed by atoms with van der Waals surface area (Å²) in [7, 11) is 0. The number of halogens is 3. The highest BCUT2D eigenvalue weighted by molar-refractivity contribution is 5.77. The number of carbonyl (C=O) groups is 1. The maximum atomic E-state index is 12.7. The number of rotatable bonds is 3. The van der Waals surface area contributed by atoms with E-state index in [2.05, 4.69) is 0 Å². The van der Waals surface area contributed by atoms with Crippen LogP contribution in [0.5, 0.6) is 5.75 Å². The first-order valence-corrected chi connectivity index (χ1v) is 6.98. The summed E-state index contributed by atoms with van der Waals surface area (Å²) in [6, 6.07) is 7.15. The van der Waals surface area contributed by atoms with E-state index in [-0.39, 0.29) is 25.6 Å². The fourth-order valence-corrected chi connectivity index (χ4v) is 2.35. The van der Waals surface area contributed by atoms with Gasteiger partial charge in [0.05, 0.1) is 0 Å². The minimum Gasteiger partial charge on any atom is -0.484 e. The zero-order valence-corrected chi connectivity index (χ0v) is 12.2. The van der Waals surface area contributed by atoms with Crippen molar-refractivity contribution < 1.29 is 27.8 Å². The molecule has 0 atom stereocenters. The summed E-state index contributed by atoms with van der Waals surface area (Å²) in [6.45, 7) is 1.39. The molecule has 22 heavy (non-hydrogen) atoms. The van der Waals surface area contributed by atoms with E-state index in [0.717, 1.165) is 5.56 Å². The number of nitrogens with zero attached hydrogens (tertiary/aromatic N) is 1. The topological polar surface area (TPSA) is 49.8 Å². The molecule has 1 heterocycles. The van der Waals surface area contributed by atoms with Gasteiger partial charge in [0.25, 0.3) is 5.91 Å². The highest BCUT2D eigenvalue weighted by atomic mass is 19.4. The molecular formula is C15H18F3NO3. The number of likely N-dealkylation sites (tertiary alicyclic amines) is 1. The zero-order valence-electron chi connectivity index (χ0n) is 12.2. The Bertz CT molecular complexity index is 537. The molecule has 4 nitrogen and oxygen atoms in total. The second kappa shape index (κ2) is 6.16. The van der Waals surface area contributed by atoms with Crippen molar-refractivity contribution >= 4 is 5.91 Å². The van der Waals surface area contributed by atoms with Crippen LogP contribution < -0.4 is 4.74 Å². The van der Waals surface area contributed by atoms with Crippen molar-refractivity contribution in [2.45, 2.75) is 31.5 Å². The molecule has 1 fully saturated rings. The number of aryl methyl sites for hydroxylation is 1. The van der Waals surface area contributed by atoms with Crippen LogP contribution in [0, 0.1) is 6.92 Å². The molecule has 1 aliphatic heterocycles. The monoisotopic (exact) mass is 317 g/mol. The van der Waals surface area contributed by atoms with Gasteiger partial charge >= 0.3 is 6.18 Å². The van der Waals surface area contributed by atoms with Crippen LogP contribution in [-0.2, 0) is 4.79 Å². The number of carbonyl (C=O) groups excluding carboxylic acids is 1. The van der Waals surface area contributed by atoms with Crippen LogP contribution in [0.4, 0.5) is 13.2 Å². The predicted molar refractivity (Wildman–Crippen MR) is 73.5 cm³/mol. The van der Waals surface area contributed by atoms with E-state index < -0.39 is 24.6 Å². The quantitative estimate of drug-likeness (QED) is 0.930. The van der Waals surface area contributed by atoms with Crippen LogP contribution in [-0.4, -0.2) is 47.4 Å². The van der Waals surface area contributed by atoms with E-state index >= 15 is 0 Å². The number of ether oxygens (including phenoxy) is 1. The molecule has 122 valence electrons. The zero-order chi connectivity index (χ0) is 16.4. The van der Waals surface area contributed by atoms with Gasteiger partial charge in [0.15, 0.2) is 12.2 Å². The van der Waals surface area contributed by atoms with Gasteiger partial charge < -0.3 is 14.7 Å². The molecule has 0 aliphatic carbocycles. The van der Waals surface area contributed by atoms with Gasteiger partial charge in [0, 0.05) is 25.9 Å². The summed E-state index contributed by atoms with van der Waals surface area (Å²) in [5, 5.41) is 9.55. The molecule has 0 unspecified atom stereocenters. The third-order valence-electron chi connectivity index (χ3n) is 3.82. The first kappa shape index (κ1) is 16.6. The number of aliphatic hydroxyl groups is 1. The molecule has 0 radical (unpaired) electrons. The largest absolute Gasteiger partial charge is 0.484 e. The lowest BCUT2D eigenvalue weighted by molar-refractivity contribution is -0.272. The standard InChI is InChI=1S/C15H18F3NO3/c1-11-3-2-4-12(9-11)22-10-13(20)19-7-5-14(21,6-8-19)15(16,17)18/h2-4,9,21H,5-8,10H2,1H3. The SMILES string of the molecule is Cc1cccc(OCC(=O)N2CCC(O)(C(F)(F)F)CC2)c1. The average molecular weight is 317 g/mol. The molecule has 7 heteroatoms. The molecule has 1 aromatic carbocycles. The minimum absolute atomic E-state index is 0.133. The van der Waals surface area contributed by atoms with Crippen LogP contribution in [0.25, 0.3) is 0 Å². The summed E-state index contributed by atoms with van der Waals surface area (Å²) in [5.41, 5.74) is -1.71. The molecule has 0 saturated carbocycles. The van der Waals surface area contributed by atoms with Gasteiger partial charge in [-0.05, 0) is 24.6 Å². The second-order valence-corrected chi connectivity index (χ2v) is 5.52. The van der Waals surface area contributed by atoms with Crippen molar-refractivity contribution in [3.8, 4) is 5.75 Å². The van der Waals surface area contributed by atoms with Crippen molar-refractivity contribution in [3.05, 3.63) is 29.8 Å². The van der Waals surface area contributed by atoms with Crippen molar-refractivity contribution in [1.29, 1.82) is 0 Å². The normalized spacial score (nSPS) is 18.1. The molecule has 1 amide bonds. The van der Waals surface area contributed by atoms with Gasteiger partial charge in [-0.25, -0.2) is 0 Å². The van der Waals surface area contributed by atoms with Crippen molar-refractivity contribution in [2.24, 2.45) is 0 Å². The lowest BCUT2D eigenvalue weighted by Gasteiger charge is -2.39. The number of piperidine rings is 1. The van der Waals surface area contributed by atoms with Gasteiger partial charge in [0.2, 0.25) is 0 Å². The van der Waals surface area contributed by atoms with E-state index in [0.29, 0.717) is 5.75 Å². The first-order chi connectivity index (χ1) is 10.2. The number of hydrogen-bond acceptors (Lipinski definition) is 3. The number of amides is 1. The fourth-order valence-electron chi connectivity index (χ4n) is 2.35. The molecule has 1 saturated heterocycles. The summed E-state index contributed by atoms with van der Waals surface area (Å²) in [5.74, 6) is 0.155. The third kappa shape index (κ3) is 3.71. The van der Waals surface area contributed by atoms with Crippen LogP contribution >= 0.6 is 0 Å². The van der Waals surface area contributed by atoms with E-state index in [1.165, 1.54) is 4.90 Å². The lowest BCUT2D eigenvalue weighted by atomic mass is 9.91. The molecule has 1 N–H and O–H groups in total. The Morgan fingerprint density at radius 3 is 2.55 bits per heavy atom. The minimum atomic E-state index is -4.67. The third-order valence-corrected chi connectivity index (χ3v) is 3.82. The summed E-state index contributed by atoms with van der Waals surface area (Å²) in [6.07, 6.45) is -5.68. The van der Waals surface area contributed by atoms with E-state index in [1.54, 1.807) is 18.2 Å². The molecule has 0 bridgehead atoms. The van der Waals surface area contributed by atoms with Crippen LogP contribution in [0.3, 0.4) is 0 Å². The smallest absolute Gasteiger partial charge is 0.417 e. The molecule has 0 spiro atoms. The van der Waals surface area contributed by atoms with Crippen LogP contribution in [0.1, 0.15) is 18.4 Å². The Morgan fingerprint density at radius 2 is 2.00 bits per heavy atom. The Labute approximate surface area is 126 Å². The highest BCUT2D eigenvalue weighted by Gasteiger charge is 2.54. The molecule has 1 aromatic rings. The molecule has 0 aromatic heterocycles. The summed E-state index contributed by atoms with van der Waals surface area (Å²) >= 11 is 0. The highest BCUT2D eigenvalue weighted by Crippen LogP contribution is 2.38. The van der Waals surface area contributed by atoms with Crippen molar-refractivity contribution in [2.75, 3.05) is 19.7 Å². The Balaban J connectivity index is 1.85. The van der Waals surface area contributed by atoms with Crippen LogP contribution in [0.15, 0.2) is 24.3 Å². The summed E-state index contributed by atoms with van der Waals surface area (Å²) in [4.78, 5) is 13.2. The van der Waals surface area contributed by atoms with Gasteiger partial charge in [-0.3, -0.25) is 4.79 Å². The van der Waals surface area contributed by atoms with Gasteiger partial charge in [-0.2, -0.15) is 13.2 Å². The van der Waals surface area contributed by atoms with Gasteiger partial charge in [0.1, 0.15) is 5.75 Å². The molecule has 2 rings (SSSR count). The Morgan fingerprint density at radius 1 is 1.36 bits per heavy atom. The number of alkyl halides is 3. The molecule has 1 aliphatic rings. The molecular weight excluding hydrogens is 299 g/mol. The fraction of sp³-hybridized carbons (Fsp3) is 0.533. The number of hydrogen-bond donors (Lipinski definition) is 1. The first-order valence-electron chi connectivity index (χ1n) is 6.98.